The normalized spacial score (nSPS) is 24.4. The summed E-state index contributed by atoms with van der Waals surface area (Å²) in [5.41, 5.74) is 0.862. The second-order valence-electron chi connectivity index (χ2n) is 3.96. The minimum Gasteiger partial charge on any atom is -0.494 e. The van der Waals surface area contributed by atoms with Gasteiger partial charge in [0.25, 0.3) is 0 Å². The Labute approximate surface area is 94.6 Å². The molecule has 0 saturated carbocycles. The third kappa shape index (κ3) is 2.27. The first-order valence-electron chi connectivity index (χ1n) is 5.42. The first-order chi connectivity index (χ1) is 7.70. The van der Waals surface area contributed by atoms with Crippen LogP contribution in [0.3, 0.4) is 0 Å². The zero-order valence-electron chi connectivity index (χ0n) is 9.50. The second-order valence-corrected chi connectivity index (χ2v) is 3.96. The van der Waals surface area contributed by atoms with Crippen LogP contribution in [0.25, 0.3) is 0 Å². The van der Waals surface area contributed by atoms with Gasteiger partial charge in [0.15, 0.2) is 11.6 Å². The molecule has 3 nitrogen and oxygen atoms in total. The molecule has 1 saturated heterocycles. The van der Waals surface area contributed by atoms with Crippen molar-refractivity contribution in [1.29, 1.82) is 0 Å². The van der Waals surface area contributed by atoms with Gasteiger partial charge in [-0.2, -0.15) is 0 Å². The molecular weight excluding hydrogens is 209 g/mol. The highest BCUT2D eigenvalue weighted by atomic mass is 19.1. The number of rotatable bonds is 3. The minimum atomic E-state index is -0.344. The summed E-state index contributed by atoms with van der Waals surface area (Å²) in [5.74, 6) is -0.0830. The van der Waals surface area contributed by atoms with Crippen molar-refractivity contribution in [3.63, 3.8) is 0 Å². The summed E-state index contributed by atoms with van der Waals surface area (Å²) in [6.07, 6.45) is 1.16. The van der Waals surface area contributed by atoms with Crippen molar-refractivity contribution in [2.24, 2.45) is 0 Å². The number of nitrogens with one attached hydrogen (secondary N) is 1. The van der Waals surface area contributed by atoms with E-state index >= 15 is 0 Å². The predicted octanol–water partition coefficient (Wildman–Crippen LogP) is 2.42. The average molecular weight is 225 g/mol. The first-order valence-corrected chi connectivity index (χ1v) is 5.42. The zero-order valence-corrected chi connectivity index (χ0v) is 9.50. The second kappa shape index (κ2) is 4.70. The Morgan fingerprint density at radius 1 is 1.50 bits per heavy atom. The van der Waals surface area contributed by atoms with Gasteiger partial charge in [-0.05, 0) is 25.5 Å². The van der Waals surface area contributed by atoms with E-state index in [1.807, 2.05) is 6.92 Å². The summed E-state index contributed by atoms with van der Waals surface area (Å²) in [6, 6.07) is 5.07. The lowest BCUT2D eigenvalue weighted by molar-refractivity contribution is 0.121. The molecule has 2 atom stereocenters. The summed E-state index contributed by atoms with van der Waals surface area (Å²) in [4.78, 5) is 0. The number of hydrogen-bond donors (Lipinski definition) is 1. The van der Waals surface area contributed by atoms with Crippen molar-refractivity contribution in [1.82, 2.24) is 0 Å². The fourth-order valence-corrected chi connectivity index (χ4v) is 1.88. The van der Waals surface area contributed by atoms with Gasteiger partial charge in [-0.15, -0.1) is 0 Å². The molecular formula is C12H16FNO2. The van der Waals surface area contributed by atoms with Gasteiger partial charge in [-0.3, -0.25) is 0 Å². The van der Waals surface area contributed by atoms with Gasteiger partial charge in [0.05, 0.1) is 19.3 Å². The lowest BCUT2D eigenvalue weighted by Crippen LogP contribution is -2.26. The maximum atomic E-state index is 13.2. The topological polar surface area (TPSA) is 30.5 Å². The molecule has 0 spiro atoms. The van der Waals surface area contributed by atoms with Crippen LogP contribution in [0.2, 0.25) is 0 Å². The van der Waals surface area contributed by atoms with E-state index in [1.54, 1.807) is 12.1 Å². The molecule has 1 aromatic rings. The van der Waals surface area contributed by atoms with Crippen LogP contribution in [-0.2, 0) is 4.74 Å². The van der Waals surface area contributed by atoms with Crippen LogP contribution in [0.4, 0.5) is 10.1 Å². The van der Waals surface area contributed by atoms with E-state index < -0.39 is 0 Å². The number of anilines is 1. The monoisotopic (exact) mass is 225 g/mol. The summed E-state index contributed by atoms with van der Waals surface area (Å²) in [5, 5.41) is 3.32. The van der Waals surface area contributed by atoms with Crippen molar-refractivity contribution < 1.29 is 13.9 Å². The van der Waals surface area contributed by atoms with Crippen molar-refractivity contribution in [3.8, 4) is 5.75 Å². The van der Waals surface area contributed by atoms with Gasteiger partial charge in [-0.25, -0.2) is 4.39 Å². The Morgan fingerprint density at radius 3 is 2.94 bits per heavy atom. The fourth-order valence-electron chi connectivity index (χ4n) is 1.88. The van der Waals surface area contributed by atoms with Crippen molar-refractivity contribution >= 4 is 5.69 Å². The Hall–Kier alpha value is -1.29. The number of methoxy groups -OCH3 is 1. The van der Waals surface area contributed by atoms with Gasteiger partial charge in [0.2, 0.25) is 0 Å². The van der Waals surface area contributed by atoms with Crippen LogP contribution in [0.15, 0.2) is 18.2 Å². The molecule has 1 fully saturated rings. The lowest BCUT2D eigenvalue weighted by atomic mass is 10.1. The van der Waals surface area contributed by atoms with E-state index in [2.05, 4.69) is 5.32 Å². The van der Waals surface area contributed by atoms with Crippen LogP contribution in [0, 0.1) is 5.82 Å². The minimum absolute atomic E-state index is 0.191. The highest BCUT2D eigenvalue weighted by Crippen LogP contribution is 2.24. The average Bonchev–Trinajstić information content (AvgIpc) is 2.67. The molecule has 4 heteroatoms. The molecule has 2 unspecified atom stereocenters. The highest BCUT2D eigenvalue weighted by Gasteiger charge is 2.23. The summed E-state index contributed by atoms with van der Waals surface area (Å²) < 4.78 is 23.6. The smallest absolute Gasteiger partial charge is 0.165 e. The summed E-state index contributed by atoms with van der Waals surface area (Å²) in [6.45, 7) is 2.81. The Morgan fingerprint density at radius 2 is 2.31 bits per heavy atom. The molecule has 0 bridgehead atoms. The molecule has 0 aromatic heterocycles. The molecule has 1 heterocycles. The van der Waals surface area contributed by atoms with Gasteiger partial charge >= 0.3 is 0 Å². The highest BCUT2D eigenvalue weighted by molar-refractivity contribution is 5.49. The molecule has 1 aliphatic rings. The Kier molecular flexibility index (Phi) is 3.29. The summed E-state index contributed by atoms with van der Waals surface area (Å²) >= 11 is 0. The van der Waals surface area contributed by atoms with Gasteiger partial charge < -0.3 is 14.8 Å². The van der Waals surface area contributed by atoms with E-state index in [9.17, 15) is 4.39 Å². The quantitative estimate of drug-likeness (QED) is 0.857. The van der Waals surface area contributed by atoms with Crippen LogP contribution < -0.4 is 10.1 Å². The predicted molar refractivity (Wildman–Crippen MR) is 60.4 cm³/mol. The molecule has 88 valence electrons. The number of benzene rings is 1. The van der Waals surface area contributed by atoms with E-state index in [0.29, 0.717) is 0 Å². The van der Waals surface area contributed by atoms with Crippen LogP contribution in [0.5, 0.6) is 5.75 Å². The van der Waals surface area contributed by atoms with E-state index in [4.69, 9.17) is 9.47 Å². The third-order valence-corrected chi connectivity index (χ3v) is 2.88. The van der Waals surface area contributed by atoms with E-state index in [1.165, 1.54) is 13.2 Å². The van der Waals surface area contributed by atoms with E-state index in [-0.39, 0.29) is 23.7 Å². The number of hydrogen-bond acceptors (Lipinski definition) is 3. The van der Waals surface area contributed by atoms with Crippen LogP contribution in [-0.4, -0.2) is 25.9 Å². The van der Waals surface area contributed by atoms with Crippen molar-refractivity contribution in [2.75, 3.05) is 19.0 Å². The fraction of sp³-hybridized carbons (Fsp3) is 0.500. The third-order valence-electron chi connectivity index (χ3n) is 2.88. The molecule has 0 amide bonds. The molecule has 1 aromatic carbocycles. The standard InChI is InChI=1S/C12H16FNO2/c1-8-11(5-6-16-8)14-9-3-4-10(13)12(7-9)15-2/h3-4,7-8,11,14H,5-6H2,1-2H3. The Bertz CT molecular complexity index is 370. The number of ether oxygens (including phenoxy) is 2. The zero-order chi connectivity index (χ0) is 11.5. The van der Waals surface area contributed by atoms with Crippen molar-refractivity contribution in [3.05, 3.63) is 24.0 Å². The molecule has 16 heavy (non-hydrogen) atoms. The molecule has 1 aliphatic heterocycles. The molecule has 1 N–H and O–H groups in total. The van der Waals surface area contributed by atoms with Gasteiger partial charge in [0.1, 0.15) is 0 Å². The Balaban J connectivity index is 2.09. The van der Waals surface area contributed by atoms with Crippen molar-refractivity contribution in [2.45, 2.75) is 25.5 Å². The van der Waals surface area contributed by atoms with Gasteiger partial charge in [0, 0.05) is 18.4 Å². The molecule has 0 aliphatic carbocycles. The maximum absolute atomic E-state index is 13.2. The lowest BCUT2D eigenvalue weighted by Gasteiger charge is -2.17. The molecule has 0 radical (unpaired) electrons. The molecule has 2 rings (SSSR count). The van der Waals surface area contributed by atoms with Crippen LogP contribution in [0.1, 0.15) is 13.3 Å². The van der Waals surface area contributed by atoms with Gasteiger partial charge in [-0.1, -0.05) is 0 Å². The maximum Gasteiger partial charge on any atom is 0.165 e. The van der Waals surface area contributed by atoms with Crippen LogP contribution >= 0.6 is 0 Å². The number of halogens is 1. The van der Waals surface area contributed by atoms with E-state index in [0.717, 1.165) is 18.7 Å². The summed E-state index contributed by atoms with van der Waals surface area (Å²) in [7, 11) is 1.46. The first kappa shape index (κ1) is 11.2. The largest absolute Gasteiger partial charge is 0.494 e. The SMILES string of the molecule is COc1cc(NC2CCOC2C)ccc1F.